The zero-order valence-electron chi connectivity index (χ0n) is 9.90. The molecule has 0 unspecified atom stereocenters. The molecule has 0 aliphatic carbocycles. The Bertz CT molecular complexity index is 555. The summed E-state index contributed by atoms with van der Waals surface area (Å²) in [4.78, 5) is 23.1. The van der Waals surface area contributed by atoms with Crippen molar-refractivity contribution in [2.45, 2.75) is 18.5 Å². The van der Waals surface area contributed by atoms with Gasteiger partial charge in [0.1, 0.15) is 0 Å². The average molecular weight is 266 g/mol. The molecule has 7 heteroatoms. The van der Waals surface area contributed by atoms with E-state index in [1.54, 1.807) is 0 Å². The number of aromatic nitrogens is 2. The van der Waals surface area contributed by atoms with Crippen LogP contribution in [0.25, 0.3) is 11.0 Å². The Morgan fingerprint density at radius 1 is 1.61 bits per heavy atom. The summed E-state index contributed by atoms with van der Waals surface area (Å²) in [5.74, 6) is 5.05. The van der Waals surface area contributed by atoms with Crippen LogP contribution >= 0.6 is 11.8 Å². The summed E-state index contributed by atoms with van der Waals surface area (Å²) in [5.41, 5.74) is 4.97. The number of benzene rings is 1. The maximum Gasteiger partial charge on any atom is 0.327 e. The second kappa shape index (κ2) is 5.85. The summed E-state index contributed by atoms with van der Waals surface area (Å²) in [5, 5.41) is 0.795. The van der Waals surface area contributed by atoms with Gasteiger partial charge in [-0.3, -0.25) is 4.79 Å². The summed E-state index contributed by atoms with van der Waals surface area (Å²) in [7, 11) is 0. The van der Waals surface area contributed by atoms with Crippen molar-refractivity contribution in [3.8, 4) is 0 Å². The van der Waals surface area contributed by atoms with Crippen LogP contribution in [0.3, 0.4) is 0 Å². The third kappa shape index (κ3) is 3.22. The highest BCUT2D eigenvalue weighted by molar-refractivity contribution is 7.99. The van der Waals surface area contributed by atoms with E-state index in [9.17, 15) is 4.79 Å². The fourth-order valence-electron chi connectivity index (χ4n) is 1.52. The van der Waals surface area contributed by atoms with E-state index >= 15 is 0 Å². The fourth-order valence-corrected chi connectivity index (χ4v) is 2.32. The SMILES string of the molecule is Cc1ccc2nc(SCCC(=O)ONN)[nH]c2c1. The van der Waals surface area contributed by atoms with Crippen molar-refractivity contribution >= 4 is 28.8 Å². The topological polar surface area (TPSA) is 93.0 Å². The Morgan fingerprint density at radius 3 is 3.22 bits per heavy atom. The van der Waals surface area contributed by atoms with Gasteiger partial charge >= 0.3 is 5.97 Å². The van der Waals surface area contributed by atoms with Crippen molar-refractivity contribution in [1.82, 2.24) is 15.6 Å². The number of hydrogen-bond donors (Lipinski definition) is 3. The van der Waals surface area contributed by atoms with Crippen LogP contribution in [0, 0.1) is 6.92 Å². The monoisotopic (exact) mass is 266 g/mol. The second-order valence-electron chi connectivity index (χ2n) is 3.75. The summed E-state index contributed by atoms with van der Waals surface area (Å²) < 4.78 is 0. The zero-order chi connectivity index (χ0) is 13.0. The predicted molar refractivity (Wildman–Crippen MR) is 69.6 cm³/mol. The minimum absolute atomic E-state index is 0.269. The molecule has 0 aliphatic rings. The molecule has 6 nitrogen and oxygen atoms in total. The number of nitrogens with two attached hydrogens (primary N) is 1. The normalized spacial score (nSPS) is 10.8. The lowest BCUT2D eigenvalue weighted by Crippen LogP contribution is -2.26. The maximum atomic E-state index is 11.0. The van der Waals surface area contributed by atoms with Crippen LogP contribution in [0.15, 0.2) is 23.4 Å². The van der Waals surface area contributed by atoms with Crippen LogP contribution in [0.2, 0.25) is 0 Å². The quantitative estimate of drug-likeness (QED) is 0.429. The summed E-state index contributed by atoms with van der Waals surface area (Å²) in [6.45, 7) is 2.03. The molecular formula is C11H14N4O2S. The maximum absolute atomic E-state index is 11.0. The Balaban J connectivity index is 1.94. The molecule has 1 aromatic heterocycles. The highest BCUT2D eigenvalue weighted by Crippen LogP contribution is 2.20. The smallest absolute Gasteiger partial charge is 0.327 e. The van der Waals surface area contributed by atoms with Crippen LogP contribution < -0.4 is 11.4 Å². The minimum atomic E-state index is -0.392. The Morgan fingerprint density at radius 2 is 2.44 bits per heavy atom. The van der Waals surface area contributed by atoms with Crippen molar-refractivity contribution in [3.63, 3.8) is 0 Å². The number of carbonyl (C=O) groups excluding carboxylic acids is 1. The van der Waals surface area contributed by atoms with Crippen LogP contribution in [0.4, 0.5) is 0 Å². The average Bonchev–Trinajstić information content (AvgIpc) is 2.71. The number of nitrogens with zero attached hydrogens (tertiary/aromatic N) is 1. The zero-order valence-corrected chi connectivity index (χ0v) is 10.7. The van der Waals surface area contributed by atoms with Crippen LogP contribution in [0.5, 0.6) is 0 Å². The first-order valence-electron chi connectivity index (χ1n) is 5.43. The predicted octanol–water partition coefficient (Wildman–Crippen LogP) is 1.28. The Kier molecular flexibility index (Phi) is 4.19. The molecule has 96 valence electrons. The van der Waals surface area contributed by atoms with Gasteiger partial charge in [0.2, 0.25) is 0 Å². The van der Waals surface area contributed by atoms with Crippen LogP contribution in [-0.4, -0.2) is 21.7 Å². The molecule has 0 atom stereocenters. The number of nitrogens with one attached hydrogen (secondary N) is 2. The van der Waals surface area contributed by atoms with Crippen molar-refractivity contribution in [1.29, 1.82) is 0 Å². The molecule has 0 saturated heterocycles. The summed E-state index contributed by atoms with van der Waals surface area (Å²) in [6.07, 6.45) is 0.269. The molecule has 18 heavy (non-hydrogen) atoms. The van der Waals surface area contributed by atoms with Gasteiger partial charge in [-0.15, -0.1) is 0 Å². The minimum Gasteiger partial charge on any atom is -0.356 e. The molecule has 2 aromatic rings. The number of thioether (sulfide) groups is 1. The standard InChI is InChI=1S/C11H14N4O2S/c1-7-2-3-8-9(6-7)14-11(13-8)18-5-4-10(16)17-15-12/h2-3,6,15H,4-5,12H2,1H3,(H,13,14). The third-order valence-corrected chi connectivity index (χ3v) is 3.21. The van der Waals surface area contributed by atoms with Gasteiger partial charge in [0, 0.05) is 5.75 Å². The molecule has 0 aliphatic heterocycles. The molecule has 0 radical (unpaired) electrons. The van der Waals surface area contributed by atoms with Crippen molar-refractivity contribution in [2.24, 2.45) is 5.84 Å². The molecule has 0 fully saturated rings. The van der Waals surface area contributed by atoms with Gasteiger partial charge in [-0.1, -0.05) is 23.4 Å². The molecule has 0 spiro atoms. The number of H-pyrrole nitrogens is 1. The lowest BCUT2D eigenvalue weighted by molar-refractivity contribution is -0.150. The summed E-state index contributed by atoms with van der Waals surface area (Å²) >= 11 is 1.47. The number of aromatic amines is 1. The number of imidazole rings is 1. The van der Waals surface area contributed by atoms with Gasteiger partial charge in [0.05, 0.1) is 17.5 Å². The van der Waals surface area contributed by atoms with E-state index in [1.165, 1.54) is 17.3 Å². The van der Waals surface area contributed by atoms with Gasteiger partial charge in [0.25, 0.3) is 0 Å². The van der Waals surface area contributed by atoms with Crippen molar-refractivity contribution in [2.75, 3.05) is 5.75 Å². The molecule has 4 N–H and O–H groups in total. The summed E-state index contributed by atoms with van der Waals surface area (Å²) in [6, 6.07) is 6.03. The van der Waals surface area contributed by atoms with Crippen LogP contribution in [-0.2, 0) is 9.63 Å². The first-order chi connectivity index (χ1) is 8.69. The largest absolute Gasteiger partial charge is 0.356 e. The van der Waals surface area contributed by atoms with E-state index in [-0.39, 0.29) is 6.42 Å². The van der Waals surface area contributed by atoms with E-state index in [0.717, 1.165) is 16.2 Å². The first kappa shape index (κ1) is 12.9. The lowest BCUT2D eigenvalue weighted by Gasteiger charge is -1.99. The number of carbonyl (C=O) groups is 1. The molecule has 0 bridgehead atoms. The van der Waals surface area contributed by atoms with Crippen molar-refractivity contribution in [3.05, 3.63) is 23.8 Å². The first-order valence-corrected chi connectivity index (χ1v) is 6.42. The van der Waals surface area contributed by atoms with Gasteiger partial charge in [0.15, 0.2) is 5.16 Å². The Hall–Kier alpha value is -1.57. The lowest BCUT2D eigenvalue weighted by atomic mass is 10.2. The molecule has 0 saturated carbocycles. The molecule has 1 aromatic carbocycles. The number of hydrogen-bond acceptors (Lipinski definition) is 6. The van der Waals surface area contributed by atoms with E-state index < -0.39 is 5.97 Å². The Labute approximate surface area is 108 Å². The molecule has 1 heterocycles. The second-order valence-corrected chi connectivity index (χ2v) is 4.84. The van der Waals surface area contributed by atoms with Crippen LogP contribution in [0.1, 0.15) is 12.0 Å². The van der Waals surface area contributed by atoms with Gasteiger partial charge in [-0.2, -0.15) is 0 Å². The van der Waals surface area contributed by atoms with Gasteiger partial charge < -0.3 is 9.82 Å². The number of hydrazine groups is 1. The molecule has 2 rings (SSSR count). The van der Waals surface area contributed by atoms with E-state index in [4.69, 9.17) is 5.84 Å². The van der Waals surface area contributed by atoms with E-state index in [2.05, 4.69) is 14.8 Å². The molecule has 0 amide bonds. The number of aryl methyl sites for hydroxylation is 1. The highest BCUT2D eigenvalue weighted by atomic mass is 32.2. The fraction of sp³-hybridized carbons (Fsp3) is 0.273. The van der Waals surface area contributed by atoms with Crippen molar-refractivity contribution < 1.29 is 9.63 Å². The van der Waals surface area contributed by atoms with Gasteiger partial charge in [-0.25, -0.2) is 10.8 Å². The third-order valence-electron chi connectivity index (χ3n) is 2.33. The highest BCUT2D eigenvalue weighted by Gasteiger charge is 2.06. The van der Waals surface area contributed by atoms with E-state index in [1.807, 2.05) is 30.7 Å². The molecular weight excluding hydrogens is 252 g/mol. The number of rotatable bonds is 5. The van der Waals surface area contributed by atoms with E-state index in [0.29, 0.717) is 5.75 Å². The van der Waals surface area contributed by atoms with Gasteiger partial charge in [-0.05, 0) is 24.6 Å². The number of fused-ring (bicyclic) bond motifs is 1.